The molecule has 0 bridgehead atoms. The van der Waals surface area contributed by atoms with Gasteiger partial charge in [0, 0.05) is 18.2 Å². The van der Waals surface area contributed by atoms with E-state index in [-0.39, 0.29) is 0 Å². The molecule has 1 N–H and O–H groups in total. The van der Waals surface area contributed by atoms with Gasteiger partial charge in [0.2, 0.25) is 4.96 Å². The molecule has 2 heterocycles. The molecule has 5 nitrogen and oxygen atoms in total. The van der Waals surface area contributed by atoms with E-state index in [0.717, 1.165) is 34.3 Å². The van der Waals surface area contributed by atoms with E-state index in [4.69, 9.17) is 0 Å². The number of fused-ring (bicyclic) bond motifs is 1. The van der Waals surface area contributed by atoms with Crippen molar-refractivity contribution >= 4 is 16.3 Å². The quantitative estimate of drug-likeness (QED) is 0.784. The van der Waals surface area contributed by atoms with Gasteiger partial charge in [-0.15, -0.1) is 10.2 Å². The molecule has 0 spiro atoms. The molecule has 0 saturated heterocycles. The Hall–Kier alpha value is -1.79. The molecule has 6 heteroatoms. The zero-order chi connectivity index (χ0) is 13.9. The van der Waals surface area contributed by atoms with Gasteiger partial charge in [-0.2, -0.15) is 9.61 Å². The van der Waals surface area contributed by atoms with E-state index in [1.807, 2.05) is 34.8 Å². The smallest absolute Gasteiger partial charge is 0.235 e. The standard InChI is InChI=1S/C14H17N5S/c1-3-10(2)15-9-12-18-19-13(16-17-14(19)20-12)11-7-5-4-6-8-11/h4-8,10,15H,3,9H2,1-2H3. The highest BCUT2D eigenvalue weighted by Crippen LogP contribution is 2.21. The average Bonchev–Trinajstić information content (AvgIpc) is 3.05. The van der Waals surface area contributed by atoms with Crippen LogP contribution in [0.2, 0.25) is 0 Å². The molecule has 1 unspecified atom stereocenters. The molecule has 20 heavy (non-hydrogen) atoms. The third kappa shape index (κ3) is 2.57. The zero-order valence-corrected chi connectivity index (χ0v) is 12.4. The molecule has 3 rings (SSSR count). The highest BCUT2D eigenvalue weighted by molar-refractivity contribution is 7.16. The van der Waals surface area contributed by atoms with Crippen LogP contribution in [0.1, 0.15) is 25.3 Å². The van der Waals surface area contributed by atoms with Crippen LogP contribution >= 0.6 is 11.3 Å². The van der Waals surface area contributed by atoms with Gasteiger partial charge in [-0.25, -0.2) is 0 Å². The molecule has 0 aliphatic carbocycles. The lowest BCUT2D eigenvalue weighted by Gasteiger charge is -2.08. The minimum Gasteiger partial charge on any atom is -0.308 e. The summed E-state index contributed by atoms with van der Waals surface area (Å²) in [5.74, 6) is 0.798. The first-order valence-corrected chi connectivity index (χ1v) is 7.59. The van der Waals surface area contributed by atoms with Gasteiger partial charge in [-0.05, 0) is 13.3 Å². The van der Waals surface area contributed by atoms with Crippen LogP contribution in [-0.2, 0) is 6.54 Å². The van der Waals surface area contributed by atoms with Gasteiger partial charge in [0.05, 0.1) is 0 Å². The summed E-state index contributed by atoms with van der Waals surface area (Å²) in [5.41, 5.74) is 1.03. The normalized spacial score (nSPS) is 12.9. The summed E-state index contributed by atoms with van der Waals surface area (Å²) < 4.78 is 1.83. The molecule has 3 aromatic rings. The zero-order valence-electron chi connectivity index (χ0n) is 11.6. The van der Waals surface area contributed by atoms with Crippen molar-refractivity contribution in [1.29, 1.82) is 0 Å². The fraction of sp³-hybridized carbons (Fsp3) is 0.357. The van der Waals surface area contributed by atoms with Gasteiger partial charge in [0.25, 0.3) is 0 Å². The van der Waals surface area contributed by atoms with Crippen LogP contribution < -0.4 is 5.32 Å². The van der Waals surface area contributed by atoms with Crippen molar-refractivity contribution in [1.82, 2.24) is 25.1 Å². The molecule has 0 aliphatic heterocycles. The highest BCUT2D eigenvalue weighted by atomic mass is 32.1. The van der Waals surface area contributed by atoms with Gasteiger partial charge in [-0.1, -0.05) is 48.6 Å². The molecule has 0 radical (unpaired) electrons. The molecule has 1 atom stereocenters. The van der Waals surface area contributed by atoms with Crippen LogP contribution in [0.3, 0.4) is 0 Å². The third-order valence-corrected chi connectivity index (χ3v) is 4.18. The van der Waals surface area contributed by atoms with Crippen LogP contribution in [0.15, 0.2) is 30.3 Å². The van der Waals surface area contributed by atoms with E-state index in [9.17, 15) is 0 Å². The summed E-state index contributed by atoms with van der Waals surface area (Å²) in [6.07, 6.45) is 1.11. The lowest BCUT2D eigenvalue weighted by Crippen LogP contribution is -2.24. The Bertz CT molecular complexity index is 688. The summed E-state index contributed by atoms with van der Waals surface area (Å²) >= 11 is 1.58. The number of rotatable bonds is 5. The first kappa shape index (κ1) is 13.2. The Morgan fingerprint density at radius 1 is 1.25 bits per heavy atom. The second-order valence-electron chi connectivity index (χ2n) is 4.77. The van der Waals surface area contributed by atoms with E-state index in [1.54, 1.807) is 11.3 Å². The number of nitrogens with zero attached hydrogens (tertiary/aromatic N) is 4. The Balaban J connectivity index is 1.87. The van der Waals surface area contributed by atoms with E-state index < -0.39 is 0 Å². The Morgan fingerprint density at radius 2 is 2.05 bits per heavy atom. The van der Waals surface area contributed by atoms with Crippen molar-refractivity contribution in [2.75, 3.05) is 0 Å². The summed E-state index contributed by atoms with van der Waals surface area (Å²) in [6.45, 7) is 5.12. The number of benzene rings is 1. The van der Waals surface area contributed by atoms with Crippen molar-refractivity contribution in [2.45, 2.75) is 32.9 Å². The van der Waals surface area contributed by atoms with Gasteiger partial charge < -0.3 is 5.32 Å². The number of nitrogens with one attached hydrogen (secondary N) is 1. The van der Waals surface area contributed by atoms with Crippen molar-refractivity contribution in [3.63, 3.8) is 0 Å². The maximum Gasteiger partial charge on any atom is 0.235 e. The van der Waals surface area contributed by atoms with Crippen LogP contribution in [0, 0.1) is 0 Å². The average molecular weight is 287 g/mol. The van der Waals surface area contributed by atoms with Crippen molar-refractivity contribution in [2.24, 2.45) is 0 Å². The fourth-order valence-corrected chi connectivity index (χ4v) is 2.69. The molecule has 0 fully saturated rings. The molecule has 104 valence electrons. The van der Waals surface area contributed by atoms with Gasteiger partial charge in [-0.3, -0.25) is 0 Å². The molecule has 0 amide bonds. The van der Waals surface area contributed by atoms with Gasteiger partial charge >= 0.3 is 0 Å². The topological polar surface area (TPSA) is 55.1 Å². The summed E-state index contributed by atoms with van der Waals surface area (Å²) in [5, 5.41) is 17.5. The number of hydrogen-bond acceptors (Lipinski definition) is 5. The Kier molecular flexibility index (Phi) is 3.75. The maximum absolute atomic E-state index is 4.60. The Labute approximate surface area is 121 Å². The van der Waals surface area contributed by atoms with E-state index in [2.05, 4.69) is 34.5 Å². The second kappa shape index (κ2) is 5.68. The number of aromatic nitrogens is 4. The molecule has 0 aliphatic rings. The highest BCUT2D eigenvalue weighted by Gasteiger charge is 2.13. The predicted molar refractivity (Wildman–Crippen MR) is 80.7 cm³/mol. The van der Waals surface area contributed by atoms with Crippen molar-refractivity contribution in [3.05, 3.63) is 35.3 Å². The lowest BCUT2D eigenvalue weighted by molar-refractivity contribution is 0.531. The summed E-state index contributed by atoms with van der Waals surface area (Å²) in [4.78, 5) is 0.838. The molecule has 1 aromatic carbocycles. The second-order valence-corrected chi connectivity index (χ2v) is 5.81. The van der Waals surface area contributed by atoms with Crippen LogP contribution in [0.4, 0.5) is 0 Å². The number of hydrogen-bond donors (Lipinski definition) is 1. The monoisotopic (exact) mass is 287 g/mol. The predicted octanol–water partition coefficient (Wildman–Crippen LogP) is 2.74. The summed E-state index contributed by atoms with van der Waals surface area (Å²) in [7, 11) is 0. The molecular formula is C14H17N5S. The van der Waals surface area contributed by atoms with Crippen molar-refractivity contribution < 1.29 is 0 Å². The molecular weight excluding hydrogens is 270 g/mol. The fourth-order valence-electron chi connectivity index (χ4n) is 1.90. The van der Waals surface area contributed by atoms with Crippen LogP contribution in [-0.4, -0.2) is 25.9 Å². The molecule has 2 aromatic heterocycles. The van der Waals surface area contributed by atoms with Crippen LogP contribution in [0.5, 0.6) is 0 Å². The van der Waals surface area contributed by atoms with E-state index >= 15 is 0 Å². The third-order valence-electron chi connectivity index (χ3n) is 3.28. The van der Waals surface area contributed by atoms with Gasteiger partial charge in [0.1, 0.15) is 5.01 Å². The SMILES string of the molecule is CCC(C)NCc1nn2c(-c3ccccc3)nnc2s1. The van der Waals surface area contributed by atoms with E-state index in [0.29, 0.717) is 6.04 Å². The molecule has 0 saturated carbocycles. The van der Waals surface area contributed by atoms with Crippen molar-refractivity contribution in [3.8, 4) is 11.4 Å². The maximum atomic E-state index is 4.60. The minimum atomic E-state index is 0.498. The minimum absolute atomic E-state index is 0.498. The van der Waals surface area contributed by atoms with Crippen LogP contribution in [0.25, 0.3) is 16.3 Å². The first-order chi connectivity index (χ1) is 9.78. The van der Waals surface area contributed by atoms with Gasteiger partial charge in [0.15, 0.2) is 5.82 Å². The lowest BCUT2D eigenvalue weighted by atomic mass is 10.2. The van der Waals surface area contributed by atoms with E-state index in [1.165, 1.54) is 0 Å². The summed E-state index contributed by atoms with van der Waals surface area (Å²) in [6, 6.07) is 10.5. The first-order valence-electron chi connectivity index (χ1n) is 6.78. The Morgan fingerprint density at radius 3 is 2.80 bits per heavy atom. The largest absolute Gasteiger partial charge is 0.308 e.